The highest BCUT2D eigenvalue weighted by molar-refractivity contribution is 5.45. The van der Waals surface area contributed by atoms with E-state index in [4.69, 9.17) is 0 Å². The van der Waals surface area contributed by atoms with Crippen LogP contribution in [0.1, 0.15) is 24.8 Å². The largest absolute Gasteiger partial charge is 0.416 e. The van der Waals surface area contributed by atoms with Crippen LogP contribution in [0.25, 0.3) is 0 Å². The molecule has 1 fully saturated rings. The topological polar surface area (TPSA) is 32.3 Å². The Hall–Kier alpha value is -1.23. The number of anilines is 1. The van der Waals surface area contributed by atoms with Crippen LogP contribution < -0.4 is 5.32 Å². The third-order valence-corrected chi connectivity index (χ3v) is 3.40. The second-order valence-electron chi connectivity index (χ2n) is 4.71. The van der Waals surface area contributed by atoms with Crippen molar-refractivity contribution in [3.63, 3.8) is 0 Å². The van der Waals surface area contributed by atoms with Crippen LogP contribution in [-0.2, 0) is 6.18 Å². The van der Waals surface area contributed by atoms with Crippen molar-refractivity contribution in [3.8, 4) is 0 Å². The van der Waals surface area contributed by atoms with Gasteiger partial charge in [0.05, 0.1) is 11.7 Å². The molecule has 1 aromatic rings. The van der Waals surface area contributed by atoms with Crippen LogP contribution in [-0.4, -0.2) is 17.8 Å². The molecule has 2 nitrogen and oxygen atoms in total. The lowest BCUT2D eigenvalue weighted by atomic mass is 10.1. The third kappa shape index (κ3) is 3.16. The molecule has 1 aliphatic rings. The predicted molar refractivity (Wildman–Crippen MR) is 63.3 cm³/mol. The van der Waals surface area contributed by atoms with Gasteiger partial charge in [-0.15, -0.1) is 0 Å². The maximum absolute atomic E-state index is 12.3. The fourth-order valence-corrected chi connectivity index (χ4v) is 2.28. The first-order valence-corrected chi connectivity index (χ1v) is 6.06. The molecule has 2 unspecified atom stereocenters. The fraction of sp³-hybridized carbons (Fsp3) is 0.538. The molecular weight excluding hydrogens is 243 g/mol. The summed E-state index contributed by atoms with van der Waals surface area (Å²) in [6, 6.07) is 4.97. The molecule has 1 saturated carbocycles. The second kappa shape index (κ2) is 5.18. The maximum atomic E-state index is 12.3. The Kier molecular flexibility index (Phi) is 3.80. The smallest absolute Gasteiger partial charge is 0.393 e. The van der Waals surface area contributed by atoms with Gasteiger partial charge in [-0.1, -0.05) is 6.42 Å². The normalized spacial score (nSPS) is 24.2. The van der Waals surface area contributed by atoms with Gasteiger partial charge in [0.15, 0.2) is 0 Å². The highest BCUT2D eigenvalue weighted by Gasteiger charge is 2.30. The Labute approximate surface area is 104 Å². The molecule has 100 valence electrons. The van der Waals surface area contributed by atoms with Crippen LogP contribution in [0.4, 0.5) is 18.9 Å². The quantitative estimate of drug-likeness (QED) is 0.873. The molecule has 0 bridgehead atoms. The number of nitrogens with one attached hydrogen (secondary N) is 1. The van der Waals surface area contributed by atoms with Crippen molar-refractivity contribution in [1.82, 2.24) is 0 Å². The summed E-state index contributed by atoms with van der Waals surface area (Å²) >= 11 is 0. The molecule has 0 amide bonds. The van der Waals surface area contributed by atoms with E-state index in [9.17, 15) is 18.3 Å². The second-order valence-corrected chi connectivity index (χ2v) is 4.71. The van der Waals surface area contributed by atoms with E-state index in [-0.39, 0.29) is 12.0 Å². The van der Waals surface area contributed by atoms with E-state index in [1.807, 2.05) is 0 Å². The average Bonchev–Trinajstić information content (AvgIpc) is 2.72. The van der Waals surface area contributed by atoms with Crippen molar-refractivity contribution in [1.29, 1.82) is 0 Å². The van der Waals surface area contributed by atoms with Gasteiger partial charge in [0.2, 0.25) is 0 Å². The maximum Gasteiger partial charge on any atom is 0.416 e. The molecule has 0 aromatic heterocycles. The number of benzene rings is 1. The van der Waals surface area contributed by atoms with Crippen molar-refractivity contribution in [2.24, 2.45) is 5.92 Å². The fourth-order valence-electron chi connectivity index (χ4n) is 2.28. The summed E-state index contributed by atoms with van der Waals surface area (Å²) in [5, 5.41) is 12.7. The number of hydrogen-bond acceptors (Lipinski definition) is 2. The van der Waals surface area contributed by atoms with Gasteiger partial charge in [-0.25, -0.2) is 0 Å². The van der Waals surface area contributed by atoms with Gasteiger partial charge < -0.3 is 10.4 Å². The van der Waals surface area contributed by atoms with Crippen molar-refractivity contribution >= 4 is 5.69 Å². The summed E-state index contributed by atoms with van der Waals surface area (Å²) in [5.74, 6) is 0.201. The molecule has 0 spiro atoms. The van der Waals surface area contributed by atoms with E-state index in [1.54, 1.807) is 0 Å². The average molecular weight is 259 g/mol. The van der Waals surface area contributed by atoms with E-state index in [0.717, 1.165) is 31.4 Å². The lowest BCUT2D eigenvalue weighted by Crippen LogP contribution is -2.21. The molecule has 0 aliphatic heterocycles. The summed E-state index contributed by atoms with van der Waals surface area (Å²) < 4.78 is 37.0. The molecular formula is C13H16F3NO. The summed E-state index contributed by atoms with van der Waals surface area (Å²) in [7, 11) is 0. The molecule has 18 heavy (non-hydrogen) atoms. The van der Waals surface area contributed by atoms with Gasteiger partial charge in [0, 0.05) is 18.2 Å². The van der Waals surface area contributed by atoms with Gasteiger partial charge in [0.25, 0.3) is 0 Å². The SMILES string of the molecule is OC1CCCC1CNc1ccc(C(F)(F)F)cc1. The van der Waals surface area contributed by atoms with E-state index < -0.39 is 11.7 Å². The molecule has 2 rings (SSSR count). The molecule has 2 N–H and O–H groups in total. The Morgan fingerprint density at radius 1 is 1.17 bits per heavy atom. The number of hydrogen-bond donors (Lipinski definition) is 2. The first kappa shape index (κ1) is 13.2. The van der Waals surface area contributed by atoms with E-state index >= 15 is 0 Å². The minimum atomic E-state index is -4.29. The predicted octanol–water partition coefficient (Wildman–Crippen LogP) is 3.28. The third-order valence-electron chi connectivity index (χ3n) is 3.40. The van der Waals surface area contributed by atoms with Gasteiger partial charge in [-0.05, 0) is 37.1 Å². The Morgan fingerprint density at radius 3 is 2.33 bits per heavy atom. The lowest BCUT2D eigenvalue weighted by molar-refractivity contribution is -0.137. The van der Waals surface area contributed by atoms with E-state index in [0.29, 0.717) is 12.2 Å². The molecule has 0 saturated heterocycles. The molecule has 1 aromatic carbocycles. The molecule has 0 heterocycles. The van der Waals surface area contributed by atoms with Crippen molar-refractivity contribution < 1.29 is 18.3 Å². The van der Waals surface area contributed by atoms with Crippen LogP contribution >= 0.6 is 0 Å². The highest BCUT2D eigenvalue weighted by atomic mass is 19.4. The first-order chi connectivity index (χ1) is 8.47. The molecule has 0 radical (unpaired) electrons. The zero-order valence-electron chi connectivity index (χ0n) is 9.87. The molecule has 2 atom stereocenters. The van der Waals surface area contributed by atoms with Crippen LogP contribution in [0.15, 0.2) is 24.3 Å². The summed E-state index contributed by atoms with van der Waals surface area (Å²) in [4.78, 5) is 0. The van der Waals surface area contributed by atoms with Crippen molar-refractivity contribution in [3.05, 3.63) is 29.8 Å². The number of halogens is 3. The Morgan fingerprint density at radius 2 is 1.83 bits per heavy atom. The van der Waals surface area contributed by atoms with E-state index in [2.05, 4.69) is 5.32 Å². The number of aliphatic hydroxyl groups excluding tert-OH is 1. The molecule has 1 aliphatic carbocycles. The lowest BCUT2D eigenvalue weighted by Gasteiger charge is -2.16. The number of alkyl halides is 3. The highest BCUT2D eigenvalue weighted by Crippen LogP contribution is 2.30. The zero-order chi connectivity index (χ0) is 13.2. The molecule has 5 heteroatoms. The zero-order valence-corrected chi connectivity index (χ0v) is 9.87. The number of rotatable bonds is 3. The summed E-state index contributed by atoms with van der Waals surface area (Å²) in [6.45, 7) is 0.604. The van der Waals surface area contributed by atoms with E-state index in [1.165, 1.54) is 12.1 Å². The van der Waals surface area contributed by atoms with Crippen molar-refractivity contribution in [2.45, 2.75) is 31.5 Å². The van der Waals surface area contributed by atoms with Crippen LogP contribution in [0.3, 0.4) is 0 Å². The van der Waals surface area contributed by atoms with Crippen LogP contribution in [0, 0.1) is 5.92 Å². The minimum absolute atomic E-state index is 0.201. The summed E-state index contributed by atoms with van der Waals surface area (Å²) in [6.07, 6.45) is -1.78. The summed E-state index contributed by atoms with van der Waals surface area (Å²) in [5.41, 5.74) is 0.0102. The number of aliphatic hydroxyl groups is 1. The van der Waals surface area contributed by atoms with Gasteiger partial charge in [-0.3, -0.25) is 0 Å². The standard InChI is InChI=1S/C13H16F3NO/c14-13(15,16)10-4-6-11(7-5-10)17-8-9-2-1-3-12(9)18/h4-7,9,12,17-18H,1-3,8H2. The van der Waals surface area contributed by atoms with Gasteiger partial charge in [0.1, 0.15) is 0 Å². The van der Waals surface area contributed by atoms with Crippen LogP contribution in [0.2, 0.25) is 0 Å². The van der Waals surface area contributed by atoms with Crippen molar-refractivity contribution in [2.75, 3.05) is 11.9 Å². The van der Waals surface area contributed by atoms with Gasteiger partial charge in [-0.2, -0.15) is 13.2 Å². The van der Waals surface area contributed by atoms with Crippen LogP contribution in [0.5, 0.6) is 0 Å². The first-order valence-electron chi connectivity index (χ1n) is 6.06. The minimum Gasteiger partial charge on any atom is -0.393 e. The van der Waals surface area contributed by atoms with Gasteiger partial charge >= 0.3 is 6.18 Å². The Balaban J connectivity index is 1.90. The monoisotopic (exact) mass is 259 g/mol. The Bertz CT molecular complexity index is 388.